The van der Waals surface area contributed by atoms with Crippen molar-refractivity contribution in [1.29, 1.82) is 5.26 Å². The number of ether oxygens (including phenoxy) is 2. The van der Waals surface area contributed by atoms with E-state index < -0.39 is 46.4 Å². The lowest BCUT2D eigenvalue weighted by molar-refractivity contribution is -0.131. The van der Waals surface area contributed by atoms with Crippen molar-refractivity contribution in [2.75, 3.05) is 79.2 Å². The molecule has 466 valence electrons. The molecule has 0 aromatic heterocycles. The number of nitrogens with one attached hydrogen (secondary N) is 5. The number of amides is 5. The SMILES string of the molecule is C=CC(=O)Nc1cccc(N2C(=O)C=C(C)C3CN=C(Nc4ccc(N5CCN(C(=O)CCCCCCCNC(=O)c6ccc(NC(=O)[C@@H]7N[C@@H](CC(C)(C)C)[C@](C#N)(c8ccc(Cl)cc8F)[C@H]7c7cccc(Cl)c7F)c(OC)c6)CC5)cc4OC)N=C32)c1. The number of nitrogens with zero attached hydrogens (tertiary/aromatic N) is 6. The quantitative estimate of drug-likeness (QED) is 0.0343. The van der Waals surface area contributed by atoms with E-state index in [1.165, 1.54) is 60.6 Å². The summed E-state index contributed by atoms with van der Waals surface area (Å²) in [7, 11) is 2.99. The summed E-state index contributed by atoms with van der Waals surface area (Å²) in [5.74, 6) is -3.06. The fourth-order valence-electron chi connectivity index (χ4n) is 12.2. The van der Waals surface area contributed by atoms with E-state index in [1.54, 1.807) is 43.5 Å². The van der Waals surface area contributed by atoms with Gasteiger partial charge >= 0.3 is 0 Å². The third-order valence-electron chi connectivity index (χ3n) is 16.6. The third-order valence-corrected chi connectivity index (χ3v) is 17.1. The van der Waals surface area contributed by atoms with Gasteiger partial charge in [0.25, 0.3) is 11.8 Å². The minimum absolute atomic E-state index is 0.0443. The smallest absolute Gasteiger partial charge is 0.256 e. The minimum Gasteiger partial charge on any atom is -0.495 e. The normalized spacial score (nSPS) is 19.9. The molecule has 89 heavy (non-hydrogen) atoms. The Morgan fingerprint density at radius 3 is 2.30 bits per heavy atom. The molecule has 0 saturated carbocycles. The molecule has 4 aliphatic heterocycles. The topological polar surface area (TPSA) is 222 Å². The standard InChI is InChI=1S/C67H73Cl2F2N11O7/c1-8-56(83)75-43-16-14-17-45(35-43)82-58(85)32-40(2)47-38-74-65(79-62(47)82)77-52-26-23-44(36-54(52)89-7)80-28-30-81(31-29-80)57(84)20-12-10-9-11-13-27-73-63(86)41-21-25-51(53(33-41)88-6)76-64(87)61-59(46-18-15-19-49(69)60(46)71)67(39-72,55(78-61)37-66(3,4)5)48-24-22-42(68)34-50(48)70/h8,14-19,21-26,32-36,47,55,59,61,78H,1,9-13,20,27-31,37-38H2,2-7H3,(H,73,86)(H,74,77)(H,75,83)(H,76,87)/t47?,55-,59-,61+,67-/m0/s1. The van der Waals surface area contributed by atoms with Gasteiger partial charge in [0.15, 0.2) is 0 Å². The summed E-state index contributed by atoms with van der Waals surface area (Å²) in [5, 5.41) is 26.3. The molecule has 9 rings (SSSR count). The van der Waals surface area contributed by atoms with Crippen molar-refractivity contribution in [3.8, 4) is 17.6 Å². The average Bonchev–Trinajstić information content (AvgIpc) is 1.62. The van der Waals surface area contributed by atoms with Crippen molar-refractivity contribution in [2.24, 2.45) is 21.3 Å². The number of carbonyl (C=O) groups is 5. The second-order valence-corrected chi connectivity index (χ2v) is 24.6. The largest absolute Gasteiger partial charge is 0.495 e. The van der Waals surface area contributed by atoms with Crippen molar-refractivity contribution in [1.82, 2.24) is 15.5 Å². The molecule has 5 aromatic rings. The number of aliphatic imine (C=N–C) groups is 2. The average molecular weight is 1250 g/mol. The van der Waals surface area contributed by atoms with Crippen LogP contribution in [-0.4, -0.2) is 112 Å². The van der Waals surface area contributed by atoms with E-state index in [1.807, 2.05) is 50.8 Å². The first-order chi connectivity index (χ1) is 42.7. The number of unbranched alkanes of at least 4 members (excludes halogenated alkanes) is 4. The number of hydrogen-bond acceptors (Lipinski definition) is 13. The number of methoxy groups -OCH3 is 2. The zero-order valence-electron chi connectivity index (χ0n) is 50.7. The Labute approximate surface area is 527 Å². The number of carbonyl (C=O) groups excluding carboxylic acids is 5. The Hall–Kier alpha value is -8.64. The molecule has 4 aliphatic rings. The van der Waals surface area contributed by atoms with Gasteiger partial charge < -0.3 is 45.9 Å². The molecule has 5 atom stereocenters. The summed E-state index contributed by atoms with van der Waals surface area (Å²) in [4.78, 5) is 82.1. The number of guanidine groups is 1. The fourth-order valence-corrected chi connectivity index (χ4v) is 12.5. The van der Waals surface area contributed by atoms with E-state index in [4.69, 9.17) is 42.7 Å². The van der Waals surface area contributed by atoms with Gasteiger partial charge in [0.2, 0.25) is 23.7 Å². The predicted octanol–water partition coefficient (Wildman–Crippen LogP) is 11.6. The van der Waals surface area contributed by atoms with E-state index >= 15 is 8.78 Å². The van der Waals surface area contributed by atoms with Gasteiger partial charge in [-0.15, -0.1) is 0 Å². The molecule has 2 fully saturated rings. The lowest BCUT2D eigenvalue weighted by Gasteiger charge is -2.37. The number of anilines is 5. The van der Waals surface area contributed by atoms with Crippen LogP contribution in [0.1, 0.15) is 100 Å². The Morgan fingerprint density at radius 1 is 0.865 bits per heavy atom. The molecule has 2 saturated heterocycles. The number of benzene rings is 5. The lowest BCUT2D eigenvalue weighted by atomic mass is 9.62. The molecule has 5 amide bonds. The molecule has 18 nitrogen and oxygen atoms in total. The second kappa shape index (κ2) is 28.2. The highest BCUT2D eigenvalue weighted by atomic mass is 35.5. The van der Waals surface area contributed by atoms with E-state index in [-0.39, 0.29) is 67.7 Å². The van der Waals surface area contributed by atoms with Gasteiger partial charge in [-0.25, -0.2) is 13.8 Å². The Kier molecular flexibility index (Phi) is 20.6. The van der Waals surface area contributed by atoms with Crippen molar-refractivity contribution in [3.05, 3.63) is 160 Å². The molecule has 0 spiro atoms. The summed E-state index contributed by atoms with van der Waals surface area (Å²) in [6.07, 6.45) is 7.56. The number of piperazine rings is 1. The molecule has 4 heterocycles. The summed E-state index contributed by atoms with van der Waals surface area (Å²) in [6.45, 7) is 14.5. The predicted molar refractivity (Wildman–Crippen MR) is 344 cm³/mol. The summed E-state index contributed by atoms with van der Waals surface area (Å²) >= 11 is 12.5. The number of halogens is 4. The first kappa shape index (κ1) is 64.8. The molecule has 0 bridgehead atoms. The summed E-state index contributed by atoms with van der Waals surface area (Å²) < 4.78 is 43.8. The maximum absolute atomic E-state index is 16.2. The van der Waals surface area contributed by atoms with Gasteiger partial charge in [-0.05, 0) is 110 Å². The zero-order chi connectivity index (χ0) is 63.7. The van der Waals surface area contributed by atoms with Crippen molar-refractivity contribution in [3.63, 3.8) is 0 Å². The Balaban J connectivity index is 0.725. The summed E-state index contributed by atoms with van der Waals surface area (Å²) in [5.41, 5.74) is 1.64. The number of rotatable bonds is 21. The molecule has 5 N–H and O–H groups in total. The monoisotopic (exact) mass is 1250 g/mol. The molecular formula is C67H73Cl2F2N11O7. The van der Waals surface area contributed by atoms with Crippen LogP contribution in [0.4, 0.5) is 37.2 Å². The number of hydrogen-bond donors (Lipinski definition) is 5. The highest BCUT2D eigenvalue weighted by Crippen LogP contribution is 2.53. The maximum atomic E-state index is 16.2. The number of nitriles is 1. The Bertz CT molecular complexity index is 3690. The minimum atomic E-state index is -1.82. The van der Waals surface area contributed by atoms with E-state index in [0.717, 1.165) is 49.4 Å². The van der Waals surface area contributed by atoms with Gasteiger partial charge in [-0.3, -0.25) is 28.9 Å². The molecule has 0 aliphatic carbocycles. The molecular weight excluding hydrogens is 1180 g/mol. The van der Waals surface area contributed by atoms with Crippen LogP contribution in [0.3, 0.4) is 0 Å². The van der Waals surface area contributed by atoms with Crippen LogP contribution in [0.15, 0.2) is 131 Å². The van der Waals surface area contributed by atoms with Crippen LogP contribution in [0.5, 0.6) is 11.5 Å². The van der Waals surface area contributed by atoms with E-state index in [9.17, 15) is 29.2 Å². The van der Waals surface area contributed by atoms with Crippen LogP contribution < -0.4 is 45.9 Å². The number of amidine groups is 1. The van der Waals surface area contributed by atoms with Crippen LogP contribution in [0.25, 0.3) is 0 Å². The first-order valence-corrected chi connectivity index (χ1v) is 30.4. The van der Waals surface area contributed by atoms with Gasteiger partial charge in [-0.2, -0.15) is 10.3 Å². The van der Waals surface area contributed by atoms with Crippen molar-refractivity contribution < 1.29 is 42.2 Å². The van der Waals surface area contributed by atoms with Crippen LogP contribution in [-0.2, 0) is 24.6 Å². The van der Waals surface area contributed by atoms with Crippen LogP contribution >= 0.6 is 23.2 Å². The molecule has 1 unspecified atom stereocenters. The zero-order valence-corrected chi connectivity index (χ0v) is 52.2. The highest BCUT2D eigenvalue weighted by Gasteiger charge is 2.61. The summed E-state index contributed by atoms with van der Waals surface area (Å²) in [6, 6.07) is 25.9. The van der Waals surface area contributed by atoms with Gasteiger partial charge in [0.1, 0.15) is 34.4 Å². The van der Waals surface area contributed by atoms with Crippen molar-refractivity contribution >= 4 is 93.0 Å². The van der Waals surface area contributed by atoms with E-state index in [2.05, 4.69) is 44.1 Å². The molecule has 0 radical (unpaired) electrons. The van der Waals surface area contributed by atoms with Gasteiger partial charge in [-0.1, -0.05) is 99.7 Å². The highest BCUT2D eigenvalue weighted by molar-refractivity contribution is 6.31. The molecule has 5 aromatic carbocycles. The number of fused-ring (bicyclic) bond motifs is 1. The van der Waals surface area contributed by atoms with Crippen molar-refractivity contribution in [2.45, 2.75) is 96.1 Å². The molecule has 22 heteroatoms. The fraction of sp³-hybridized carbons (Fsp3) is 0.373. The van der Waals surface area contributed by atoms with Crippen LogP contribution in [0.2, 0.25) is 10.0 Å². The second-order valence-electron chi connectivity index (χ2n) is 23.7. The van der Waals surface area contributed by atoms with E-state index in [0.29, 0.717) is 86.7 Å². The lowest BCUT2D eigenvalue weighted by Crippen LogP contribution is -2.48. The maximum Gasteiger partial charge on any atom is 0.256 e. The first-order valence-electron chi connectivity index (χ1n) is 29.7. The van der Waals surface area contributed by atoms with Gasteiger partial charge in [0.05, 0.1) is 60.9 Å². The van der Waals surface area contributed by atoms with Gasteiger partial charge in [0, 0.05) is 90.8 Å². The Morgan fingerprint density at radius 2 is 1.58 bits per heavy atom. The van der Waals surface area contributed by atoms with Crippen LogP contribution in [0, 0.1) is 34.3 Å². The third kappa shape index (κ3) is 14.6.